The number of thiazole rings is 1. The highest BCUT2D eigenvalue weighted by atomic mass is 32.1. The van der Waals surface area contributed by atoms with Crippen LogP contribution < -0.4 is 15.4 Å². The van der Waals surface area contributed by atoms with Gasteiger partial charge >= 0.3 is 0 Å². The number of fused-ring (bicyclic) bond motifs is 1. The van der Waals surface area contributed by atoms with Gasteiger partial charge in [0.2, 0.25) is 5.91 Å². The third kappa shape index (κ3) is 3.91. The lowest BCUT2D eigenvalue weighted by Gasteiger charge is -2.04. The highest BCUT2D eigenvalue weighted by Gasteiger charge is 2.20. The number of rotatable bonds is 5. The number of hydrogen-bond acceptors (Lipinski definition) is 5. The van der Waals surface area contributed by atoms with E-state index in [1.807, 2.05) is 31.5 Å². The van der Waals surface area contributed by atoms with Gasteiger partial charge in [-0.15, -0.1) is 11.3 Å². The first-order chi connectivity index (χ1) is 13.5. The van der Waals surface area contributed by atoms with Crippen molar-refractivity contribution in [1.82, 2.24) is 14.9 Å². The summed E-state index contributed by atoms with van der Waals surface area (Å²) in [7, 11) is 1.83. The third-order valence-corrected chi connectivity index (χ3v) is 5.21. The molecule has 1 aromatic carbocycles. The lowest BCUT2D eigenvalue weighted by atomic mass is 10.1. The minimum Gasteiger partial charge on any atom is -0.490 e. The molecule has 0 fully saturated rings. The summed E-state index contributed by atoms with van der Waals surface area (Å²) in [6.45, 7) is 1.93. The first kappa shape index (κ1) is 18.2. The molecule has 0 aliphatic carbocycles. The third-order valence-electron chi connectivity index (χ3n) is 4.45. The van der Waals surface area contributed by atoms with Crippen molar-refractivity contribution in [2.75, 3.05) is 11.9 Å². The average molecular weight is 396 g/mol. The predicted octanol–water partition coefficient (Wildman–Crippen LogP) is 2.84. The number of ether oxygens (including phenoxy) is 1. The summed E-state index contributed by atoms with van der Waals surface area (Å²) in [6, 6.07) is 7.76. The molecule has 0 spiro atoms. The van der Waals surface area contributed by atoms with E-state index >= 15 is 0 Å². The number of benzene rings is 1. The van der Waals surface area contributed by atoms with Crippen LogP contribution in [0.1, 0.15) is 22.8 Å². The van der Waals surface area contributed by atoms with Gasteiger partial charge in [-0.1, -0.05) is 12.1 Å². The van der Waals surface area contributed by atoms with Crippen molar-refractivity contribution >= 4 is 28.3 Å². The molecule has 1 aliphatic rings. The molecule has 0 radical (unpaired) electrons. The summed E-state index contributed by atoms with van der Waals surface area (Å²) in [5.74, 6) is 0.284. The van der Waals surface area contributed by atoms with Crippen LogP contribution in [0.4, 0.5) is 5.13 Å². The van der Waals surface area contributed by atoms with E-state index < -0.39 is 0 Å². The number of carbonyl (C=O) groups excluding carboxylic acids is 2. The standard InChI is InChI=1S/C20H20N4O3S/c1-12-7-14-4-3-13(8-17(14)27-12)16-11-28-20(22-16)23-18(25)9-21-19(26)15-5-6-24(2)10-15/h3-6,8,10-12H,7,9H2,1-2H3,(H,21,26)(H,22,23,25). The van der Waals surface area contributed by atoms with Crippen LogP contribution in [0.5, 0.6) is 5.75 Å². The Balaban J connectivity index is 1.35. The maximum atomic E-state index is 12.1. The SMILES string of the molecule is CC1Cc2ccc(-c3csc(NC(=O)CNC(=O)c4ccn(C)c4)n3)cc2O1. The van der Waals surface area contributed by atoms with Crippen LogP contribution in [0.15, 0.2) is 42.0 Å². The number of nitrogens with one attached hydrogen (secondary N) is 2. The number of aryl methyl sites for hydroxylation is 1. The van der Waals surface area contributed by atoms with Gasteiger partial charge in [0.25, 0.3) is 5.91 Å². The van der Waals surface area contributed by atoms with Crippen molar-refractivity contribution in [1.29, 1.82) is 0 Å². The van der Waals surface area contributed by atoms with E-state index in [4.69, 9.17) is 4.74 Å². The van der Waals surface area contributed by atoms with Gasteiger partial charge in [0.05, 0.1) is 17.8 Å². The molecule has 1 aliphatic heterocycles. The Morgan fingerprint density at radius 2 is 2.21 bits per heavy atom. The molecule has 4 rings (SSSR count). The minimum atomic E-state index is -0.323. The number of aromatic nitrogens is 2. The van der Waals surface area contributed by atoms with Crippen molar-refractivity contribution in [2.24, 2.45) is 7.05 Å². The fraction of sp³-hybridized carbons (Fsp3) is 0.250. The molecule has 3 heterocycles. The Hall–Kier alpha value is -3.13. The second-order valence-electron chi connectivity index (χ2n) is 6.79. The van der Waals surface area contributed by atoms with Crippen LogP contribution in [0.2, 0.25) is 0 Å². The normalized spacial score (nSPS) is 15.0. The van der Waals surface area contributed by atoms with Crippen LogP contribution >= 0.6 is 11.3 Å². The Bertz CT molecular complexity index is 1040. The molecule has 2 amide bonds. The zero-order valence-electron chi connectivity index (χ0n) is 15.6. The molecule has 0 saturated heterocycles. The fourth-order valence-corrected chi connectivity index (χ4v) is 3.82. The quantitative estimate of drug-likeness (QED) is 0.694. The minimum absolute atomic E-state index is 0.118. The number of amides is 2. The zero-order chi connectivity index (χ0) is 19.7. The highest BCUT2D eigenvalue weighted by molar-refractivity contribution is 7.14. The largest absolute Gasteiger partial charge is 0.490 e. The lowest BCUT2D eigenvalue weighted by Crippen LogP contribution is -2.32. The van der Waals surface area contributed by atoms with Gasteiger partial charge in [-0.3, -0.25) is 9.59 Å². The summed E-state index contributed by atoms with van der Waals surface area (Å²) >= 11 is 1.34. The Morgan fingerprint density at radius 1 is 1.36 bits per heavy atom. The molecule has 7 nitrogen and oxygen atoms in total. The van der Waals surface area contributed by atoms with Crippen molar-refractivity contribution in [3.63, 3.8) is 0 Å². The number of carbonyl (C=O) groups is 2. The topological polar surface area (TPSA) is 85.3 Å². The van der Waals surface area contributed by atoms with Crippen molar-refractivity contribution in [3.8, 4) is 17.0 Å². The molecule has 28 heavy (non-hydrogen) atoms. The van der Waals surface area contributed by atoms with Gasteiger partial charge in [0.15, 0.2) is 5.13 Å². The van der Waals surface area contributed by atoms with E-state index in [1.165, 1.54) is 16.9 Å². The fourth-order valence-electron chi connectivity index (χ4n) is 3.09. The maximum Gasteiger partial charge on any atom is 0.253 e. The molecule has 8 heteroatoms. The van der Waals surface area contributed by atoms with Crippen molar-refractivity contribution in [2.45, 2.75) is 19.4 Å². The molecule has 3 aromatic rings. The van der Waals surface area contributed by atoms with Gasteiger partial charge in [0.1, 0.15) is 11.9 Å². The number of anilines is 1. The van der Waals surface area contributed by atoms with E-state index in [0.29, 0.717) is 10.7 Å². The van der Waals surface area contributed by atoms with Gasteiger partial charge in [0, 0.05) is 36.8 Å². The van der Waals surface area contributed by atoms with Crippen LogP contribution in [0, 0.1) is 0 Å². The summed E-state index contributed by atoms with van der Waals surface area (Å²) < 4.78 is 7.57. The Morgan fingerprint density at radius 3 is 3.00 bits per heavy atom. The molecule has 0 saturated carbocycles. The highest BCUT2D eigenvalue weighted by Crippen LogP contribution is 2.34. The summed E-state index contributed by atoms with van der Waals surface area (Å²) in [5.41, 5.74) is 3.44. The second kappa shape index (κ2) is 7.47. The molecular weight excluding hydrogens is 376 g/mol. The van der Waals surface area contributed by atoms with Gasteiger partial charge in [-0.25, -0.2) is 4.98 Å². The summed E-state index contributed by atoms with van der Waals surface area (Å²) in [4.78, 5) is 28.6. The Kier molecular flexibility index (Phi) is 4.87. The second-order valence-corrected chi connectivity index (χ2v) is 7.65. The monoisotopic (exact) mass is 396 g/mol. The lowest BCUT2D eigenvalue weighted by molar-refractivity contribution is -0.115. The van der Waals surface area contributed by atoms with E-state index in [2.05, 4.69) is 21.7 Å². The van der Waals surface area contributed by atoms with Gasteiger partial charge in [-0.05, 0) is 24.6 Å². The van der Waals surface area contributed by atoms with E-state index in [1.54, 1.807) is 23.0 Å². The average Bonchev–Trinajstić information content (AvgIpc) is 3.38. The first-order valence-corrected chi connectivity index (χ1v) is 9.81. The van der Waals surface area contributed by atoms with E-state index in [9.17, 15) is 9.59 Å². The smallest absolute Gasteiger partial charge is 0.253 e. The predicted molar refractivity (Wildman–Crippen MR) is 108 cm³/mol. The Labute approximate surface area is 166 Å². The first-order valence-electron chi connectivity index (χ1n) is 8.93. The van der Waals surface area contributed by atoms with Crippen LogP contribution in [-0.4, -0.2) is 34.0 Å². The van der Waals surface area contributed by atoms with Gasteiger partial charge in [-0.2, -0.15) is 0 Å². The molecule has 1 atom stereocenters. The van der Waals surface area contributed by atoms with Crippen LogP contribution in [-0.2, 0) is 18.3 Å². The molecule has 1 unspecified atom stereocenters. The summed E-state index contributed by atoms with van der Waals surface area (Å²) in [6.07, 6.45) is 4.59. The molecule has 144 valence electrons. The van der Waals surface area contributed by atoms with Crippen LogP contribution in [0.3, 0.4) is 0 Å². The molecule has 0 bridgehead atoms. The number of hydrogen-bond donors (Lipinski definition) is 2. The van der Waals surface area contributed by atoms with E-state index in [0.717, 1.165) is 23.4 Å². The van der Waals surface area contributed by atoms with Crippen molar-refractivity contribution in [3.05, 3.63) is 53.2 Å². The maximum absolute atomic E-state index is 12.1. The van der Waals surface area contributed by atoms with Crippen LogP contribution in [0.25, 0.3) is 11.3 Å². The molecular formula is C20H20N4O3S. The zero-order valence-corrected chi connectivity index (χ0v) is 16.4. The van der Waals surface area contributed by atoms with Gasteiger partial charge < -0.3 is 19.9 Å². The van der Waals surface area contributed by atoms with E-state index in [-0.39, 0.29) is 24.5 Å². The summed E-state index contributed by atoms with van der Waals surface area (Å²) in [5, 5.41) is 7.70. The molecule has 2 N–H and O–H groups in total. The molecule has 2 aromatic heterocycles. The number of nitrogens with zero attached hydrogens (tertiary/aromatic N) is 2. The van der Waals surface area contributed by atoms with Crippen molar-refractivity contribution < 1.29 is 14.3 Å².